The molecule has 0 saturated carbocycles. The van der Waals surface area contributed by atoms with Crippen LogP contribution in [0.2, 0.25) is 0 Å². The number of rotatable bonds is 3. The molecule has 4 aromatic heterocycles. The van der Waals surface area contributed by atoms with E-state index in [1.165, 1.54) is 55.2 Å². The van der Waals surface area contributed by atoms with Gasteiger partial charge in [-0.15, -0.1) is 0 Å². The van der Waals surface area contributed by atoms with E-state index >= 15 is 0 Å². The summed E-state index contributed by atoms with van der Waals surface area (Å²) in [6.45, 7) is 8.70. The van der Waals surface area contributed by atoms with Crippen LogP contribution in [0, 0.1) is 27.7 Å². The fourth-order valence-corrected chi connectivity index (χ4v) is 6.63. The number of aromatic nitrogens is 4. The molecule has 0 aliphatic rings. The van der Waals surface area contributed by atoms with Gasteiger partial charge < -0.3 is 9.13 Å². The Morgan fingerprint density at radius 3 is 1.33 bits per heavy atom. The topological polar surface area (TPSA) is 35.6 Å². The molecule has 0 N–H and O–H groups in total. The van der Waals surface area contributed by atoms with E-state index in [4.69, 9.17) is 9.97 Å². The van der Waals surface area contributed by atoms with Gasteiger partial charge in [0.05, 0.1) is 33.1 Å². The molecule has 0 aliphatic carbocycles. The summed E-state index contributed by atoms with van der Waals surface area (Å²) in [5.41, 5.74) is 16.4. The number of fused-ring (bicyclic) bond motifs is 6. The molecule has 42 heavy (non-hydrogen) atoms. The Morgan fingerprint density at radius 2 is 0.905 bits per heavy atom. The second kappa shape index (κ2) is 9.15. The molecule has 8 aromatic rings. The SMILES string of the molecule is Cc1ccc2c(c1)c1ncccc1n2-c1ccc(-c2ccc(-n3c4ccc(C)cc4c4ncccc43)cc2C)c(C)c1. The summed E-state index contributed by atoms with van der Waals surface area (Å²) in [5.74, 6) is 0. The van der Waals surface area contributed by atoms with E-state index in [1.807, 2.05) is 24.5 Å². The molecule has 0 unspecified atom stereocenters. The third-order valence-electron chi connectivity index (χ3n) is 8.58. The molecular formula is C38H30N4. The summed E-state index contributed by atoms with van der Waals surface area (Å²) in [6.07, 6.45) is 3.76. The van der Waals surface area contributed by atoms with Gasteiger partial charge in [-0.2, -0.15) is 0 Å². The second-order valence-corrected chi connectivity index (χ2v) is 11.5. The normalized spacial score (nSPS) is 11.8. The number of pyridine rings is 2. The van der Waals surface area contributed by atoms with E-state index in [-0.39, 0.29) is 0 Å². The van der Waals surface area contributed by atoms with Gasteiger partial charge in [0.25, 0.3) is 0 Å². The van der Waals surface area contributed by atoms with Gasteiger partial charge in [-0.25, -0.2) is 0 Å². The van der Waals surface area contributed by atoms with Crippen LogP contribution in [-0.2, 0) is 0 Å². The molecule has 0 bridgehead atoms. The first kappa shape index (κ1) is 24.6. The lowest BCUT2D eigenvalue weighted by molar-refractivity contribution is 1.16. The summed E-state index contributed by atoms with van der Waals surface area (Å²) < 4.78 is 4.67. The lowest BCUT2D eigenvalue weighted by atomic mass is 9.95. The van der Waals surface area contributed by atoms with Crippen molar-refractivity contribution in [3.05, 3.63) is 132 Å². The van der Waals surface area contributed by atoms with Crippen molar-refractivity contribution in [1.82, 2.24) is 19.1 Å². The van der Waals surface area contributed by atoms with E-state index in [9.17, 15) is 0 Å². The quantitative estimate of drug-likeness (QED) is 0.223. The maximum atomic E-state index is 4.74. The first-order valence-corrected chi connectivity index (χ1v) is 14.4. The Kier molecular flexibility index (Phi) is 5.35. The summed E-state index contributed by atoms with van der Waals surface area (Å²) in [7, 11) is 0. The predicted molar refractivity (Wildman–Crippen MR) is 175 cm³/mol. The number of aryl methyl sites for hydroxylation is 4. The van der Waals surface area contributed by atoms with Gasteiger partial charge in [0.15, 0.2) is 0 Å². The van der Waals surface area contributed by atoms with Gasteiger partial charge >= 0.3 is 0 Å². The highest BCUT2D eigenvalue weighted by Crippen LogP contribution is 2.36. The molecule has 0 fully saturated rings. The minimum absolute atomic E-state index is 1.04. The zero-order chi connectivity index (χ0) is 28.5. The van der Waals surface area contributed by atoms with Gasteiger partial charge in [-0.1, -0.05) is 35.4 Å². The number of benzene rings is 4. The van der Waals surface area contributed by atoms with E-state index in [2.05, 4.69) is 122 Å². The molecule has 0 amide bonds. The molecule has 4 heteroatoms. The molecule has 0 spiro atoms. The molecule has 0 saturated heterocycles. The zero-order valence-corrected chi connectivity index (χ0v) is 24.2. The average molecular weight is 543 g/mol. The van der Waals surface area contributed by atoms with Gasteiger partial charge in [-0.3, -0.25) is 9.97 Å². The lowest BCUT2D eigenvalue weighted by Crippen LogP contribution is -1.98. The van der Waals surface area contributed by atoms with E-state index in [1.54, 1.807) is 0 Å². The summed E-state index contributed by atoms with van der Waals surface area (Å²) in [5, 5.41) is 2.38. The van der Waals surface area contributed by atoms with E-state index in [0.29, 0.717) is 0 Å². The molecule has 8 rings (SSSR count). The fraction of sp³-hybridized carbons (Fsp3) is 0.105. The number of hydrogen-bond donors (Lipinski definition) is 0. The Labute approximate surface area is 244 Å². The van der Waals surface area contributed by atoms with Crippen LogP contribution in [0.4, 0.5) is 0 Å². The van der Waals surface area contributed by atoms with Crippen LogP contribution < -0.4 is 0 Å². The predicted octanol–water partition coefficient (Wildman–Crippen LogP) is 9.57. The van der Waals surface area contributed by atoms with Crippen LogP contribution in [0.1, 0.15) is 22.3 Å². The van der Waals surface area contributed by atoms with Crippen LogP contribution >= 0.6 is 0 Å². The highest BCUT2D eigenvalue weighted by atomic mass is 15.0. The van der Waals surface area contributed by atoms with Crippen LogP contribution in [0.3, 0.4) is 0 Å². The van der Waals surface area contributed by atoms with Gasteiger partial charge in [0.1, 0.15) is 0 Å². The third-order valence-corrected chi connectivity index (χ3v) is 8.58. The Bertz CT molecular complexity index is 2180. The van der Waals surface area contributed by atoms with Crippen molar-refractivity contribution < 1.29 is 0 Å². The Hall–Kier alpha value is -5.22. The summed E-state index contributed by atoms with van der Waals surface area (Å²) in [4.78, 5) is 9.48. The molecule has 4 nitrogen and oxygen atoms in total. The van der Waals surface area contributed by atoms with Crippen LogP contribution in [0.5, 0.6) is 0 Å². The maximum absolute atomic E-state index is 4.74. The van der Waals surface area contributed by atoms with E-state index in [0.717, 1.165) is 33.4 Å². The van der Waals surface area contributed by atoms with Crippen molar-refractivity contribution >= 4 is 43.9 Å². The van der Waals surface area contributed by atoms with Crippen LogP contribution in [0.25, 0.3) is 66.4 Å². The van der Waals surface area contributed by atoms with Gasteiger partial charge in [0, 0.05) is 34.5 Å². The second-order valence-electron chi connectivity index (χ2n) is 11.5. The van der Waals surface area contributed by atoms with Gasteiger partial charge in [-0.05, 0) is 123 Å². The largest absolute Gasteiger partial charge is 0.308 e. The highest BCUT2D eigenvalue weighted by molar-refractivity contribution is 6.08. The van der Waals surface area contributed by atoms with Crippen molar-refractivity contribution in [2.24, 2.45) is 0 Å². The van der Waals surface area contributed by atoms with Crippen molar-refractivity contribution in [2.45, 2.75) is 27.7 Å². The third kappa shape index (κ3) is 3.61. The lowest BCUT2D eigenvalue weighted by Gasteiger charge is -2.15. The fourth-order valence-electron chi connectivity index (χ4n) is 6.63. The van der Waals surface area contributed by atoms with Crippen LogP contribution in [-0.4, -0.2) is 19.1 Å². The molecule has 4 aromatic carbocycles. The summed E-state index contributed by atoms with van der Waals surface area (Å²) >= 11 is 0. The smallest absolute Gasteiger partial charge is 0.0963 e. The Morgan fingerprint density at radius 1 is 0.452 bits per heavy atom. The minimum atomic E-state index is 1.04. The molecule has 0 aliphatic heterocycles. The zero-order valence-electron chi connectivity index (χ0n) is 24.2. The first-order valence-electron chi connectivity index (χ1n) is 14.4. The first-order chi connectivity index (χ1) is 20.5. The van der Waals surface area contributed by atoms with Crippen molar-refractivity contribution in [3.8, 4) is 22.5 Å². The minimum Gasteiger partial charge on any atom is -0.308 e. The standard InChI is InChI=1S/C38H30N4/c1-23-9-15-33-31(19-23)37-35(7-5-17-39-37)41(33)27-11-13-29(25(3)21-27)30-14-12-28(22-26(30)4)42-34-16-10-24(2)20-32(34)38-36(42)8-6-18-40-38/h5-22H,1-4H3. The van der Waals surface area contributed by atoms with Crippen molar-refractivity contribution in [3.63, 3.8) is 0 Å². The molecule has 0 radical (unpaired) electrons. The molecular weight excluding hydrogens is 512 g/mol. The average Bonchev–Trinajstić information content (AvgIpc) is 3.49. The van der Waals surface area contributed by atoms with Gasteiger partial charge in [0.2, 0.25) is 0 Å². The molecule has 202 valence electrons. The Balaban J connectivity index is 1.25. The van der Waals surface area contributed by atoms with Crippen molar-refractivity contribution in [2.75, 3.05) is 0 Å². The highest BCUT2D eigenvalue weighted by Gasteiger charge is 2.17. The van der Waals surface area contributed by atoms with E-state index < -0.39 is 0 Å². The van der Waals surface area contributed by atoms with Crippen LogP contribution in [0.15, 0.2) is 109 Å². The molecule has 0 atom stereocenters. The molecule has 4 heterocycles. The van der Waals surface area contributed by atoms with Crippen molar-refractivity contribution in [1.29, 1.82) is 0 Å². The number of nitrogens with zero attached hydrogens (tertiary/aromatic N) is 4. The monoisotopic (exact) mass is 542 g/mol. The maximum Gasteiger partial charge on any atom is 0.0963 e. The number of hydrogen-bond acceptors (Lipinski definition) is 2. The summed E-state index contributed by atoms with van der Waals surface area (Å²) in [6, 6.07) is 35.2.